The highest BCUT2D eigenvalue weighted by Crippen LogP contribution is 2.22. The third kappa shape index (κ3) is 3.03. The van der Waals surface area contributed by atoms with E-state index in [1.807, 2.05) is 0 Å². The minimum atomic E-state index is -1.18. The minimum absolute atomic E-state index is 0.380. The Balaban J connectivity index is 2.28. The van der Waals surface area contributed by atoms with Crippen LogP contribution in [0, 0.1) is 5.82 Å². The van der Waals surface area contributed by atoms with Crippen molar-refractivity contribution in [2.75, 3.05) is 11.6 Å². The number of rotatable bonds is 3. The zero-order valence-electron chi connectivity index (χ0n) is 10.6. The van der Waals surface area contributed by atoms with Gasteiger partial charge in [0.1, 0.15) is 17.1 Å². The van der Waals surface area contributed by atoms with Crippen molar-refractivity contribution >= 4 is 22.4 Å². The van der Waals surface area contributed by atoms with Crippen molar-refractivity contribution in [3.63, 3.8) is 0 Å². The molecule has 0 radical (unpaired) electrons. The van der Waals surface area contributed by atoms with Crippen LogP contribution in [0.1, 0.15) is 10.4 Å². The van der Waals surface area contributed by atoms with E-state index in [2.05, 4.69) is 5.32 Å². The molecular weight excluding hydrogens is 281 g/mol. The zero-order valence-corrected chi connectivity index (χ0v) is 11.4. The number of carbonyl (C=O) groups excluding carboxylic acids is 1. The molecule has 2 aromatic rings. The Bertz CT molecular complexity index is 668. The van der Waals surface area contributed by atoms with E-state index in [1.165, 1.54) is 24.5 Å². The van der Waals surface area contributed by atoms with Crippen LogP contribution in [0.25, 0.3) is 0 Å². The van der Waals surface area contributed by atoms with Gasteiger partial charge in [0.25, 0.3) is 5.91 Å². The van der Waals surface area contributed by atoms with Crippen LogP contribution in [0.4, 0.5) is 10.1 Å². The largest absolute Gasteiger partial charge is 0.507 e. The van der Waals surface area contributed by atoms with Gasteiger partial charge in [-0.2, -0.15) is 0 Å². The van der Waals surface area contributed by atoms with E-state index in [4.69, 9.17) is 0 Å². The lowest BCUT2D eigenvalue weighted by molar-refractivity contribution is 0.102. The molecule has 6 heteroatoms. The molecule has 4 nitrogen and oxygen atoms in total. The maximum Gasteiger partial charge on any atom is 0.262 e. The van der Waals surface area contributed by atoms with Crippen LogP contribution in [0.15, 0.2) is 47.4 Å². The van der Waals surface area contributed by atoms with Gasteiger partial charge in [-0.05, 0) is 30.3 Å². The van der Waals surface area contributed by atoms with Crippen molar-refractivity contribution in [3.8, 4) is 5.75 Å². The Kier molecular flexibility index (Phi) is 4.14. The van der Waals surface area contributed by atoms with Gasteiger partial charge in [-0.3, -0.25) is 9.00 Å². The number of aromatic hydroxyl groups is 1. The molecule has 0 saturated heterocycles. The number of phenolic OH excluding ortho intramolecular Hbond substituents is 1. The van der Waals surface area contributed by atoms with Gasteiger partial charge in [-0.15, -0.1) is 0 Å². The smallest absolute Gasteiger partial charge is 0.262 e. The summed E-state index contributed by atoms with van der Waals surface area (Å²) in [6.45, 7) is 0. The van der Waals surface area contributed by atoms with Crippen molar-refractivity contribution in [1.29, 1.82) is 0 Å². The molecule has 1 atom stereocenters. The average molecular weight is 293 g/mol. The lowest BCUT2D eigenvalue weighted by Crippen LogP contribution is -2.14. The minimum Gasteiger partial charge on any atom is -0.507 e. The van der Waals surface area contributed by atoms with Crippen LogP contribution in [-0.4, -0.2) is 21.5 Å². The number of hydrogen-bond acceptors (Lipinski definition) is 3. The van der Waals surface area contributed by atoms with Crippen molar-refractivity contribution in [2.45, 2.75) is 4.90 Å². The summed E-state index contributed by atoms with van der Waals surface area (Å²) < 4.78 is 24.9. The van der Waals surface area contributed by atoms with Gasteiger partial charge in [0, 0.05) is 27.6 Å². The summed E-state index contributed by atoms with van der Waals surface area (Å²) in [5, 5.41) is 12.0. The first-order valence-electron chi connectivity index (χ1n) is 5.71. The van der Waals surface area contributed by atoms with E-state index in [1.54, 1.807) is 18.2 Å². The summed E-state index contributed by atoms with van der Waals surface area (Å²) in [6, 6.07) is 10.0. The molecule has 0 heterocycles. The maximum absolute atomic E-state index is 13.5. The van der Waals surface area contributed by atoms with E-state index >= 15 is 0 Å². The van der Waals surface area contributed by atoms with Crippen LogP contribution < -0.4 is 5.32 Å². The van der Waals surface area contributed by atoms with Crippen LogP contribution in [0.5, 0.6) is 5.75 Å². The van der Waals surface area contributed by atoms with E-state index in [0.717, 1.165) is 6.07 Å². The Morgan fingerprint density at radius 2 is 1.95 bits per heavy atom. The maximum atomic E-state index is 13.5. The second-order valence-corrected chi connectivity index (χ2v) is 5.45. The number of carbonyl (C=O) groups is 1. The quantitative estimate of drug-likeness (QED) is 0.914. The topological polar surface area (TPSA) is 66.4 Å². The first-order valence-corrected chi connectivity index (χ1v) is 7.27. The van der Waals surface area contributed by atoms with Crippen molar-refractivity contribution in [3.05, 3.63) is 53.8 Å². The van der Waals surface area contributed by atoms with E-state index in [9.17, 15) is 18.5 Å². The summed E-state index contributed by atoms with van der Waals surface area (Å²) >= 11 is 0. The predicted molar refractivity (Wildman–Crippen MR) is 74.8 cm³/mol. The van der Waals surface area contributed by atoms with E-state index < -0.39 is 33.8 Å². The molecule has 0 saturated carbocycles. The monoisotopic (exact) mass is 293 g/mol. The lowest BCUT2D eigenvalue weighted by Gasteiger charge is -2.08. The Morgan fingerprint density at radius 1 is 1.25 bits per heavy atom. The fraction of sp³-hybridized carbons (Fsp3) is 0.0714. The highest BCUT2D eigenvalue weighted by Gasteiger charge is 2.16. The zero-order chi connectivity index (χ0) is 14.7. The second-order valence-electron chi connectivity index (χ2n) is 4.07. The fourth-order valence-electron chi connectivity index (χ4n) is 1.68. The van der Waals surface area contributed by atoms with Crippen LogP contribution >= 0.6 is 0 Å². The molecule has 1 amide bonds. The summed E-state index contributed by atoms with van der Waals surface area (Å²) in [5.41, 5.74) is -0.0409. The number of amides is 1. The van der Waals surface area contributed by atoms with Gasteiger partial charge >= 0.3 is 0 Å². The molecular formula is C14H12FNO3S. The molecule has 2 aromatic carbocycles. The SMILES string of the molecule is C[S@](=O)c1cccc(NC(=O)c2c(O)cccc2F)c1. The van der Waals surface area contributed by atoms with Crippen LogP contribution in [-0.2, 0) is 10.8 Å². The lowest BCUT2D eigenvalue weighted by atomic mass is 10.1. The Labute approximate surface area is 117 Å². The molecule has 0 unspecified atom stereocenters. The molecule has 2 rings (SSSR count). The van der Waals surface area contributed by atoms with E-state index in [0.29, 0.717) is 10.6 Å². The molecule has 0 spiro atoms. The molecule has 0 bridgehead atoms. The number of halogens is 1. The summed E-state index contributed by atoms with van der Waals surface area (Å²) in [4.78, 5) is 12.5. The number of anilines is 1. The van der Waals surface area contributed by atoms with Crippen molar-refractivity contribution in [2.24, 2.45) is 0 Å². The van der Waals surface area contributed by atoms with Gasteiger partial charge in [-0.25, -0.2) is 4.39 Å². The Morgan fingerprint density at radius 3 is 2.60 bits per heavy atom. The summed E-state index contributed by atoms with van der Waals surface area (Å²) in [7, 11) is -1.18. The molecule has 0 fully saturated rings. The normalized spacial score (nSPS) is 11.9. The molecule has 20 heavy (non-hydrogen) atoms. The Hall–Kier alpha value is -2.21. The fourth-order valence-corrected chi connectivity index (χ4v) is 2.25. The van der Waals surface area contributed by atoms with Crippen molar-refractivity contribution in [1.82, 2.24) is 0 Å². The van der Waals surface area contributed by atoms with Gasteiger partial charge in [-0.1, -0.05) is 12.1 Å². The number of nitrogens with one attached hydrogen (secondary N) is 1. The van der Waals surface area contributed by atoms with Gasteiger partial charge in [0.15, 0.2) is 0 Å². The van der Waals surface area contributed by atoms with Gasteiger partial charge in [0.05, 0.1) is 0 Å². The highest BCUT2D eigenvalue weighted by atomic mass is 32.2. The van der Waals surface area contributed by atoms with Crippen molar-refractivity contribution < 1.29 is 18.5 Å². The summed E-state index contributed by atoms with van der Waals surface area (Å²) in [5.74, 6) is -2.00. The molecule has 0 aliphatic heterocycles. The highest BCUT2D eigenvalue weighted by molar-refractivity contribution is 7.84. The molecule has 0 aromatic heterocycles. The standard InChI is InChI=1S/C14H12FNO3S/c1-20(19)10-5-2-4-9(8-10)16-14(18)13-11(15)6-3-7-12(13)17/h2-8,17H,1H3,(H,16,18)/t20-/m0/s1. The first kappa shape index (κ1) is 14.2. The number of benzene rings is 2. The third-order valence-corrected chi connectivity index (χ3v) is 3.56. The first-order chi connectivity index (χ1) is 9.49. The van der Waals surface area contributed by atoms with Crippen LogP contribution in [0.3, 0.4) is 0 Å². The molecule has 2 N–H and O–H groups in total. The third-order valence-electron chi connectivity index (χ3n) is 2.64. The average Bonchev–Trinajstić information content (AvgIpc) is 2.38. The van der Waals surface area contributed by atoms with E-state index in [-0.39, 0.29) is 0 Å². The number of hydrogen-bond donors (Lipinski definition) is 2. The summed E-state index contributed by atoms with van der Waals surface area (Å²) in [6.07, 6.45) is 1.52. The second kappa shape index (κ2) is 5.83. The molecule has 0 aliphatic carbocycles. The predicted octanol–water partition coefficient (Wildman–Crippen LogP) is 2.52. The molecule has 0 aliphatic rings. The molecule has 104 valence electrons. The number of phenols is 1. The van der Waals surface area contributed by atoms with Gasteiger partial charge in [0.2, 0.25) is 0 Å². The van der Waals surface area contributed by atoms with Gasteiger partial charge < -0.3 is 10.4 Å². The van der Waals surface area contributed by atoms with Crippen LogP contribution in [0.2, 0.25) is 0 Å².